The normalized spacial score (nSPS) is 22.3. The Morgan fingerprint density at radius 3 is 2.56 bits per heavy atom. The van der Waals surface area contributed by atoms with Crippen molar-refractivity contribution in [1.29, 1.82) is 0 Å². The number of pyridine rings is 1. The molecular weight excluding hydrogens is 402 g/mol. The summed E-state index contributed by atoms with van der Waals surface area (Å²) in [6.07, 6.45) is 5.17. The lowest BCUT2D eigenvalue weighted by molar-refractivity contribution is -0.117. The number of aryl methyl sites for hydroxylation is 1. The zero-order chi connectivity index (χ0) is 22.5. The molecule has 32 heavy (non-hydrogen) atoms. The number of amides is 2. The Balaban J connectivity index is 1.40. The van der Waals surface area contributed by atoms with Crippen molar-refractivity contribution in [3.05, 3.63) is 59.8 Å². The van der Waals surface area contributed by atoms with Gasteiger partial charge in [-0.2, -0.15) is 0 Å². The highest BCUT2D eigenvalue weighted by atomic mass is 16.3. The third-order valence-corrected chi connectivity index (χ3v) is 6.84. The number of carbonyl (C=O) groups is 2. The second-order valence-corrected chi connectivity index (χ2v) is 9.24. The van der Waals surface area contributed by atoms with Crippen molar-refractivity contribution in [2.45, 2.75) is 45.3 Å². The van der Waals surface area contributed by atoms with Gasteiger partial charge in [0, 0.05) is 29.0 Å². The number of nitrogens with one attached hydrogen (secondary N) is 2. The second kappa shape index (κ2) is 7.71. The summed E-state index contributed by atoms with van der Waals surface area (Å²) in [6, 6.07) is 13.5. The van der Waals surface area contributed by atoms with E-state index in [-0.39, 0.29) is 23.7 Å². The molecule has 2 atom stereocenters. The number of anilines is 1. The van der Waals surface area contributed by atoms with E-state index in [0.717, 1.165) is 46.7 Å². The van der Waals surface area contributed by atoms with Gasteiger partial charge >= 0.3 is 0 Å². The molecule has 0 saturated heterocycles. The standard InChI is InChI=1S/C26H27N3O3/c1-15-3-4-20(25(31)29-26(32)10-9-16(26)2)12-22(15)19-8-7-18-13-23(27-14-21(18)11-19)28-24(30)17-5-6-17/h3-4,7-8,11-14,16-17,32H,5-6,9-10H2,1-2H3,(H,29,31)(H,27,28,30). The van der Waals surface area contributed by atoms with Crippen molar-refractivity contribution in [2.24, 2.45) is 11.8 Å². The third-order valence-electron chi connectivity index (χ3n) is 6.84. The average Bonchev–Trinajstić information content (AvgIpc) is 3.63. The fourth-order valence-electron chi connectivity index (χ4n) is 4.19. The first-order valence-electron chi connectivity index (χ1n) is 11.2. The minimum atomic E-state index is -1.11. The van der Waals surface area contributed by atoms with E-state index in [0.29, 0.717) is 17.8 Å². The molecule has 3 aromatic rings. The zero-order valence-electron chi connectivity index (χ0n) is 18.3. The minimum absolute atomic E-state index is 0.0418. The first-order valence-corrected chi connectivity index (χ1v) is 11.2. The van der Waals surface area contributed by atoms with Crippen LogP contribution in [0, 0.1) is 18.8 Å². The average molecular weight is 430 g/mol. The quantitative estimate of drug-likeness (QED) is 0.524. The molecule has 3 N–H and O–H groups in total. The fraction of sp³-hybridized carbons (Fsp3) is 0.346. The van der Waals surface area contributed by atoms with E-state index in [4.69, 9.17) is 0 Å². The zero-order valence-corrected chi connectivity index (χ0v) is 18.3. The summed E-state index contributed by atoms with van der Waals surface area (Å²) in [5.41, 5.74) is 2.41. The molecule has 1 aromatic heterocycles. The second-order valence-electron chi connectivity index (χ2n) is 9.24. The Bertz CT molecular complexity index is 1230. The van der Waals surface area contributed by atoms with Crippen LogP contribution in [0.5, 0.6) is 0 Å². The highest BCUT2D eigenvalue weighted by molar-refractivity contribution is 5.98. The number of nitrogens with zero attached hydrogens (tertiary/aromatic N) is 1. The summed E-state index contributed by atoms with van der Waals surface area (Å²) < 4.78 is 0. The molecule has 2 unspecified atom stereocenters. The first-order chi connectivity index (χ1) is 15.3. The summed E-state index contributed by atoms with van der Waals surface area (Å²) in [7, 11) is 0. The molecule has 5 rings (SSSR count). The molecule has 2 aromatic carbocycles. The van der Waals surface area contributed by atoms with Crippen LogP contribution < -0.4 is 10.6 Å². The van der Waals surface area contributed by atoms with E-state index in [1.54, 1.807) is 12.3 Å². The fourth-order valence-corrected chi connectivity index (χ4v) is 4.19. The maximum Gasteiger partial charge on any atom is 0.253 e. The van der Waals surface area contributed by atoms with Crippen LogP contribution in [-0.4, -0.2) is 27.6 Å². The summed E-state index contributed by atoms with van der Waals surface area (Å²) in [5, 5.41) is 18.1. The van der Waals surface area contributed by atoms with Gasteiger partial charge in [0.1, 0.15) is 11.5 Å². The largest absolute Gasteiger partial charge is 0.371 e. The van der Waals surface area contributed by atoms with E-state index in [1.807, 2.05) is 50.2 Å². The van der Waals surface area contributed by atoms with Crippen molar-refractivity contribution in [3.8, 4) is 11.1 Å². The molecular formula is C26H27N3O3. The molecule has 0 bridgehead atoms. The van der Waals surface area contributed by atoms with Gasteiger partial charge in [-0.05, 0) is 78.9 Å². The molecule has 2 aliphatic carbocycles. The number of hydrogen-bond donors (Lipinski definition) is 3. The Hall–Kier alpha value is -3.25. The van der Waals surface area contributed by atoms with Crippen molar-refractivity contribution in [2.75, 3.05) is 5.32 Å². The molecule has 0 spiro atoms. The maximum atomic E-state index is 12.8. The minimum Gasteiger partial charge on any atom is -0.371 e. The predicted octanol–water partition coefficient (Wildman–Crippen LogP) is 4.41. The SMILES string of the molecule is Cc1ccc(C(=O)NC2(O)CCC2C)cc1-c1ccc2cc(NC(=O)C3CC3)ncc2c1. The van der Waals surface area contributed by atoms with Gasteiger partial charge in [-0.1, -0.05) is 25.1 Å². The molecule has 0 radical (unpaired) electrons. The highest BCUT2D eigenvalue weighted by Crippen LogP contribution is 2.36. The molecule has 2 amide bonds. The molecule has 2 saturated carbocycles. The van der Waals surface area contributed by atoms with Crippen LogP contribution in [0.15, 0.2) is 48.7 Å². The van der Waals surface area contributed by atoms with Crippen LogP contribution in [0.3, 0.4) is 0 Å². The van der Waals surface area contributed by atoms with Gasteiger partial charge in [0.2, 0.25) is 5.91 Å². The van der Waals surface area contributed by atoms with Gasteiger partial charge in [0.25, 0.3) is 5.91 Å². The molecule has 2 aliphatic rings. The summed E-state index contributed by atoms with van der Waals surface area (Å²) >= 11 is 0. The lowest BCUT2D eigenvalue weighted by Gasteiger charge is -2.43. The van der Waals surface area contributed by atoms with Gasteiger partial charge in [0.15, 0.2) is 0 Å². The number of hydrogen-bond acceptors (Lipinski definition) is 4. The number of benzene rings is 2. The Morgan fingerprint density at radius 1 is 1.06 bits per heavy atom. The summed E-state index contributed by atoms with van der Waals surface area (Å²) in [4.78, 5) is 29.2. The lowest BCUT2D eigenvalue weighted by Crippen LogP contribution is -2.59. The first kappa shape index (κ1) is 20.6. The Morgan fingerprint density at radius 2 is 1.88 bits per heavy atom. The Labute approximate surface area is 187 Å². The molecule has 2 fully saturated rings. The Kier molecular flexibility index (Phi) is 4.97. The third kappa shape index (κ3) is 3.86. The molecule has 1 heterocycles. The van der Waals surface area contributed by atoms with Gasteiger partial charge in [-0.15, -0.1) is 0 Å². The van der Waals surface area contributed by atoms with Gasteiger partial charge in [0.05, 0.1) is 0 Å². The number of carbonyl (C=O) groups excluding carboxylic acids is 2. The number of fused-ring (bicyclic) bond motifs is 1. The summed E-state index contributed by atoms with van der Waals surface area (Å²) in [5.74, 6) is 0.540. The predicted molar refractivity (Wildman–Crippen MR) is 124 cm³/mol. The molecule has 6 nitrogen and oxygen atoms in total. The number of rotatable bonds is 5. The van der Waals surface area contributed by atoms with Crippen molar-refractivity contribution in [3.63, 3.8) is 0 Å². The number of aromatic nitrogens is 1. The van der Waals surface area contributed by atoms with Crippen LogP contribution in [0.25, 0.3) is 21.9 Å². The smallest absolute Gasteiger partial charge is 0.253 e. The van der Waals surface area contributed by atoms with E-state index in [1.165, 1.54) is 0 Å². The summed E-state index contributed by atoms with van der Waals surface area (Å²) in [6.45, 7) is 3.95. The van der Waals surface area contributed by atoms with Crippen LogP contribution in [0.2, 0.25) is 0 Å². The van der Waals surface area contributed by atoms with Crippen molar-refractivity contribution in [1.82, 2.24) is 10.3 Å². The van der Waals surface area contributed by atoms with Crippen LogP contribution >= 0.6 is 0 Å². The van der Waals surface area contributed by atoms with Gasteiger partial charge in [-0.3, -0.25) is 9.59 Å². The van der Waals surface area contributed by atoms with Crippen molar-refractivity contribution < 1.29 is 14.7 Å². The van der Waals surface area contributed by atoms with E-state index in [9.17, 15) is 14.7 Å². The van der Waals surface area contributed by atoms with E-state index < -0.39 is 5.72 Å². The lowest BCUT2D eigenvalue weighted by atomic mass is 9.77. The van der Waals surface area contributed by atoms with Gasteiger partial charge in [-0.25, -0.2) is 4.98 Å². The highest BCUT2D eigenvalue weighted by Gasteiger charge is 2.43. The van der Waals surface area contributed by atoms with E-state index >= 15 is 0 Å². The van der Waals surface area contributed by atoms with Crippen LogP contribution in [-0.2, 0) is 4.79 Å². The van der Waals surface area contributed by atoms with E-state index in [2.05, 4.69) is 15.6 Å². The molecule has 6 heteroatoms. The molecule has 0 aliphatic heterocycles. The van der Waals surface area contributed by atoms with Crippen LogP contribution in [0.1, 0.15) is 48.5 Å². The monoisotopic (exact) mass is 429 g/mol. The maximum absolute atomic E-state index is 12.8. The van der Waals surface area contributed by atoms with Crippen LogP contribution in [0.4, 0.5) is 5.82 Å². The molecule has 164 valence electrons. The van der Waals surface area contributed by atoms with Crippen molar-refractivity contribution >= 4 is 28.4 Å². The topological polar surface area (TPSA) is 91.3 Å². The van der Waals surface area contributed by atoms with Gasteiger partial charge < -0.3 is 15.7 Å². The number of aliphatic hydroxyl groups is 1.